The third-order valence-corrected chi connectivity index (χ3v) is 3.40. The predicted octanol–water partition coefficient (Wildman–Crippen LogP) is 2.77. The zero-order valence-electron chi connectivity index (χ0n) is 10.4. The fourth-order valence-electron chi connectivity index (χ4n) is 2.35. The Morgan fingerprint density at radius 3 is 2.94 bits per heavy atom. The van der Waals surface area contributed by atoms with Crippen molar-refractivity contribution in [3.05, 3.63) is 23.8 Å². The van der Waals surface area contributed by atoms with Gasteiger partial charge in [-0.05, 0) is 18.9 Å². The van der Waals surface area contributed by atoms with Crippen LogP contribution in [0.3, 0.4) is 0 Å². The van der Waals surface area contributed by atoms with Crippen LogP contribution in [-0.4, -0.2) is 19.3 Å². The third-order valence-electron chi connectivity index (χ3n) is 3.40. The quantitative estimate of drug-likeness (QED) is 0.814. The van der Waals surface area contributed by atoms with Gasteiger partial charge >= 0.3 is 0 Å². The standard InChI is InChI=1S/C13H18F2N2O/c1-2-12-8(3-4-18-12)7-17-11-6-9(14)5-10(15)13(11)16/h5-6,8,12,17H,2-4,7,16H2,1H3. The number of nitrogen functional groups attached to an aromatic ring is 1. The van der Waals surface area contributed by atoms with Crippen LogP contribution in [0.4, 0.5) is 20.2 Å². The smallest absolute Gasteiger partial charge is 0.151 e. The van der Waals surface area contributed by atoms with Crippen molar-refractivity contribution in [1.82, 2.24) is 0 Å². The summed E-state index contributed by atoms with van der Waals surface area (Å²) in [6.07, 6.45) is 2.12. The van der Waals surface area contributed by atoms with Gasteiger partial charge < -0.3 is 15.8 Å². The first-order valence-electron chi connectivity index (χ1n) is 6.21. The summed E-state index contributed by atoms with van der Waals surface area (Å²) in [4.78, 5) is 0. The van der Waals surface area contributed by atoms with Gasteiger partial charge in [0.25, 0.3) is 0 Å². The van der Waals surface area contributed by atoms with Crippen LogP contribution < -0.4 is 11.1 Å². The number of hydrogen-bond acceptors (Lipinski definition) is 3. The number of nitrogens with two attached hydrogens (primary N) is 1. The number of halogens is 2. The van der Waals surface area contributed by atoms with Gasteiger partial charge in [0.1, 0.15) is 5.82 Å². The molecule has 1 aliphatic heterocycles. The van der Waals surface area contributed by atoms with E-state index in [0.29, 0.717) is 18.2 Å². The molecule has 2 unspecified atom stereocenters. The average Bonchev–Trinajstić information content (AvgIpc) is 2.79. The van der Waals surface area contributed by atoms with E-state index in [0.717, 1.165) is 25.5 Å². The highest BCUT2D eigenvalue weighted by Gasteiger charge is 2.26. The van der Waals surface area contributed by atoms with Crippen molar-refractivity contribution in [2.75, 3.05) is 24.2 Å². The molecule has 3 N–H and O–H groups in total. The number of rotatable bonds is 4. The van der Waals surface area contributed by atoms with Crippen molar-refractivity contribution in [3.8, 4) is 0 Å². The highest BCUT2D eigenvalue weighted by Crippen LogP contribution is 2.27. The molecule has 0 amide bonds. The molecule has 3 nitrogen and oxygen atoms in total. The normalized spacial score (nSPS) is 23.3. The summed E-state index contributed by atoms with van der Waals surface area (Å²) in [6, 6.07) is 2.00. The van der Waals surface area contributed by atoms with E-state index in [1.165, 1.54) is 6.07 Å². The highest BCUT2D eigenvalue weighted by atomic mass is 19.1. The molecule has 0 radical (unpaired) electrons. The Morgan fingerprint density at radius 2 is 2.22 bits per heavy atom. The van der Waals surface area contributed by atoms with E-state index >= 15 is 0 Å². The van der Waals surface area contributed by atoms with Gasteiger partial charge in [-0.25, -0.2) is 8.78 Å². The summed E-state index contributed by atoms with van der Waals surface area (Å²) in [7, 11) is 0. The van der Waals surface area contributed by atoms with Crippen LogP contribution in [-0.2, 0) is 4.74 Å². The minimum atomic E-state index is -0.729. The number of ether oxygens (including phenoxy) is 1. The third kappa shape index (κ3) is 2.72. The van der Waals surface area contributed by atoms with Gasteiger partial charge in [-0.3, -0.25) is 0 Å². The molecule has 5 heteroatoms. The van der Waals surface area contributed by atoms with Gasteiger partial charge in [0, 0.05) is 25.1 Å². The molecule has 0 bridgehead atoms. The first-order chi connectivity index (χ1) is 8.61. The maximum Gasteiger partial charge on any atom is 0.151 e. The van der Waals surface area contributed by atoms with Crippen LogP contribution in [0.5, 0.6) is 0 Å². The van der Waals surface area contributed by atoms with Crippen molar-refractivity contribution in [2.45, 2.75) is 25.9 Å². The van der Waals surface area contributed by atoms with Gasteiger partial charge in [0.2, 0.25) is 0 Å². The van der Waals surface area contributed by atoms with E-state index in [9.17, 15) is 8.78 Å². The van der Waals surface area contributed by atoms with Crippen molar-refractivity contribution in [3.63, 3.8) is 0 Å². The Labute approximate surface area is 105 Å². The molecular weight excluding hydrogens is 238 g/mol. The van der Waals surface area contributed by atoms with Crippen LogP contribution in [0.15, 0.2) is 12.1 Å². The largest absolute Gasteiger partial charge is 0.395 e. The summed E-state index contributed by atoms with van der Waals surface area (Å²) >= 11 is 0. The van der Waals surface area contributed by atoms with Crippen molar-refractivity contribution in [1.29, 1.82) is 0 Å². The summed E-state index contributed by atoms with van der Waals surface area (Å²) in [5, 5.41) is 3.02. The Kier molecular flexibility index (Phi) is 4.01. The average molecular weight is 256 g/mol. The van der Waals surface area contributed by atoms with Gasteiger partial charge in [-0.2, -0.15) is 0 Å². The fourth-order valence-corrected chi connectivity index (χ4v) is 2.35. The molecule has 2 rings (SSSR count). The first kappa shape index (κ1) is 13.1. The fraction of sp³-hybridized carbons (Fsp3) is 0.538. The van der Waals surface area contributed by atoms with Crippen molar-refractivity contribution in [2.24, 2.45) is 5.92 Å². The molecule has 1 fully saturated rings. The predicted molar refractivity (Wildman–Crippen MR) is 67.4 cm³/mol. The summed E-state index contributed by atoms with van der Waals surface area (Å²) in [6.45, 7) is 3.43. The van der Waals surface area contributed by atoms with Gasteiger partial charge in [0.05, 0.1) is 17.5 Å². The number of anilines is 2. The lowest BCUT2D eigenvalue weighted by Crippen LogP contribution is -2.23. The second kappa shape index (κ2) is 5.52. The summed E-state index contributed by atoms with van der Waals surface area (Å²) < 4.78 is 31.9. The Morgan fingerprint density at radius 1 is 1.44 bits per heavy atom. The van der Waals surface area contributed by atoms with E-state index in [-0.39, 0.29) is 11.8 Å². The molecule has 1 saturated heterocycles. The van der Waals surface area contributed by atoms with Gasteiger partial charge in [0.15, 0.2) is 5.82 Å². The van der Waals surface area contributed by atoms with Crippen molar-refractivity contribution >= 4 is 11.4 Å². The Balaban J connectivity index is 2.02. The molecule has 1 aromatic rings. The van der Waals surface area contributed by atoms with Crippen LogP contribution >= 0.6 is 0 Å². The second-order valence-corrected chi connectivity index (χ2v) is 4.60. The van der Waals surface area contributed by atoms with E-state index in [1.807, 2.05) is 0 Å². The lowest BCUT2D eigenvalue weighted by atomic mass is 9.99. The molecular formula is C13H18F2N2O. The highest BCUT2D eigenvalue weighted by molar-refractivity contribution is 5.66. The van der Waals surface area contributed by atoms with E-state index in [2.05, 4.69) is 12.2 Å². The van der Waals surface area contributed by atoms with Crippen LogP contribution in [0, 0.1) is 17.6 Å². The minimum absolute atomic E-state index is 0.0386. The molecule has 2 atom stereocenters. The Hall–Kier alpha value is -1.36. The van der Waals surface area contributed by atoms with E-state index < -0.39 is 11.6 Å². The van der Waals surface area contributed by atoms with Crippen LogP contribution in [0.2, 0.25) is 0 Å². The molecule has 1 aliphatic rings. The molecule has 100 valence electrons. The minimum Gasteiger partial charge on any atom is -0.395 e. The Bertz CT molecular complexity index is 426. The molecule has 0 saturated carbocycles. The lowest BCUT2D eigenvalue weighted by molar-refractivity contribution is 0.0900. The van der Waals surface area contributed by atoms with Gasteiger partial charge in [-0.15, -0.1) is 0 Å². The summed E-state index contributed by atoms with van der Waals surface area (Å²) in [5.41, 5.74) is 5.84. The monoisotopic (exact) mass is 256 g/mol. The number of nitrogens with one attached hydrogen (secondary N) is 1. The number of hydrogen-bond donors (Lipinski definition) is 2. The molecule has 0 aromatic heterocycles. The SMILES string of the molecule is CCC1OCCC1CNc1cc(F)cc(F)c1N. The lowest BCUT2D eigenvalue weighted by Gasteiger charge is -2.18. The first-order valence-corrected chi connectivity index (χ1v) is 6.21. The topological polar surface area (TPSA) is 47.3 Å². The molecule has 1 aromatic carbocycles. The zero-order valence-corrected chi connectivity index (χ0v) is 10.4. The molecule has 18 heavy (non-hydrogen) atoms. The van der Waals surface area contributed by atoms with Crippen LogP contribution in [0.25, 0.3) is 0 Å². The molecule has 0 aliphatic carbocycles. The molecule has 0 spiro atoms. The number of benzene rings is 1. The van der Waals surface area contributed by atoms with Crippen LogP contribution in [0.1, 0.15) is 19.8 Å². The maximum atomic E-state index is 13.3. The van der Waals surface area contributed by atoms with Gasteiger partial charge in [-0.1, -0.05) is 6.92 Å². The second-order valence-electron chi connectivity index (χ2n) is 4.60. The van der Waals surface area contributed by atoms with E-state index in [1.54, 1.807) is 0 Å². The zero-order chi connectivity index (χ0) is 13.1. The van der Waals surface area contributed by atoms with E-state index in [4.69, 9.17) is 10.5 Å². The maximum absolute atomic E-state index is 13.3. The summed E-state index contributed by atoms with van der Waals surface area (Å²) in [5.74, 6) is -0.994. The van der Waals surface area contributed by atoms with Crippen molar-refractivity contribution < 1.29 is 13.5 Å². The molecule has 1 heterocycles.